The molecule has 0 saturated carbocycles. The van der Waals surface area contributed by atoms with Gasteiger partial charge in [0.05, 0.1) is 23.3 Å². The Balaban J connectivity index is 2.12. The standard InChI is InChI=1S/C15H12Cl2N2O5S/c1-19-11-6-9(17)14(7-13(11)24-15(19)20)25(21,22)18-10-5-8(16)3-4-12(10)23-2/h3-7,18H,1-2H3. The van der Waals surface area contributed by atoms with Crippen LogP contribution < -0.4 is 15.2 Å². The molecule has 1 aromatic heterocycles. The van der Waals surface area contributed by atoms with Crippen LogP contribution in [-0.2, 0) is 17.1 Å². The Bertz CT molecular complexity index is 1130. The van der Waals surface area contributed by atoms with Gasteiger partial charge in [-0.05, 0) is 24.3 Å². The van der Waals surface area contributed by atoms with Crippen molar-refractivity contribution >= 4 is 50.0 Å². The summed E-state index contributed by atoms with van der Waals surface area (Å²) >= 11 is 12.0. The van der Waals surface area contributed by atoms with Gasteiger partial charge in [0.15, 0.2) is 5.58 Å². The van der Waals surface area contributed by atoms with E-state index in [4.69, 9.17) is 32.4 Å². The van der Waals surface area contributed by atoms with Crippen LogP contribution in [0.25, 0.3) is 11.1 Å². The molecule has 0 radical (unpaired) electrons. The average molecular weight is 403 g/mol. The lowest BCUT2D eigenvalue weighted by molar-refractivity contribution is 0.417. The summed E-state index contributed by atoms with van der Waals surface area (Å²) in [7, 11) is -1.19. The first-order valence-electron chi connectivity index (χ1n) is 6.88. The van der Waals surface area contributed by atoms with E-state index in [2.05, 4.69) is 4.72 Å². The summed E-state index contributed by atoms with van der Waals surface area (Å²) in [6.45, 7) is 0. The highest BCUT2D eigenvalue weighted by Gasteiger charge is 2.22. The molecule has 1 heterocycles. The van der Waals surface area contributed by atoms with Crippen molar-refractivity contribution in [3.05, 3.63) is 50.9 Å². The third-order valence-corrected chi connectivity index (χ3v) is 5.61. The molecule has 10 heteroatoms. The van der Waals surface area contributed by atoms with Gasteiger partial charge in [0, 0.05) is 18.1 Å². The van der Waals surface area contributed by atoms with Crippen LogP contribution >= 0.6 is 23.2 Å². The van der Waals surface area contributed by atoms with Crippen molar-refractivity contribution in [1.29, 1.82) is 0 Å². The number of aromatic nitrogens is 1. The number of aryl methyl sites for hydroxylation is 1. The Morgan fingerprint density at radius 1 is 1.20 bits per heavy atom. The van der Waals surface area contributed by atoms with Crippen molar-refractivity contribution in [2.45, 2.75) is 4.90 Å². The summed E-state index contributed by atoms with van der Waals surface area (Å²) in [5.74, 6) is -0.332. The lowest BCUT2D eigenvalue weighted by Gasteiger charge is -2.13. The molecule has 7 nitrogen and oxygen atoms in total. The maximum absolute atomic E-state index is 12.7. The Labute approximate surface area is 152 Å². The lowest BCUT2D eigenvalue weighted by Crippen LogP contribution is -2.14. The smallest absolute Gasteiger partial charge is 0.419 e. The number of hydrogen-bond acceptors (Lipinski definition) is 5. The minimum absolute atomic E-state index is 0.0580. The van der Waals surface area contributed by atoms with Crippen molar-refractivity contribution < 1.29 is 17.6 Å². The largest absolute Gasteiger partial charge is 0.495 e. The maximum atomic E-state index is 12.7. The van der Waals surface area contributed by atoms with E-state index in [9.17, 15) is 13.2 Å². The zero-order valence-corrected chi connectivity index (χ0v) is 15.4. The number of rotatable bonds is 4. The summed E-state index contributed by atoms with van der Waals surface area (Å²) in [4.78, 5) is 11.3. The molecule has 1 N–H and O–H groups in total. The fourth-order valence-corrected chi connectivity index (χ4v) is 4.07. The van der Waals surface area contributed by atoms with Crippen LogP contribution in [0.2, 0.25) is 10.0 Å². The molecule has 0 aliphatic heterocycles. The van der Waals surface area contributed by atoms with E-state index in [1.54, 1.807) is 6.07 Å². The molecule has 0 atom stereocenters. The van der Waals surface area contributed by atoms with Crippen LogP contribution in [0.5, 0.6) is 5.75 Å². The second-order valence-corrected chi connectivity index (χ2v) is 7.62. The summed E-state index contributed by atoms with van der Waals surface area (Å²) in [5.41, 5.74) is 0.644. The highest BCUT2D eigenvalue weighted by molar-refractivity contribution is 7.92. The summed E-state index contributed by atoms with van der Waals surface area (Å²) < 4.78 is 39.2. The first-order valence-corrected chi connectivity index (χ1v) is 9.12. The third kappa shape index (κ3) is 3.20. The summed E-state index contributed by atoms with van der Waals surface area (Å²) in [6.07, 6.45) is 0. The number of benzene rings is 2. The number of methoxy groups -OCH3 is 1. The average Bonchev–Trinajstić information content (AvgIpc) is 2.81. The van der Waals surface area contributed by atoms with E-state index >= 15 is 0 Å². The van der Waals surface area contributed by atoms with Gasteiger partial charge < -0.3 is 9.15 Å². The molecule has 0 bridgehead atoms. The number of oxazole rings is 1. The molecule has 0 spiro atoms. The van der Waals surface area contributed by atoms with Crippen LogP contribution in [0.1, 0.15) is 0 Å². The lowest BCUT2D eigenvalue weighted by atomic mass is 10.3. The molecule has 3 rings (SSSR count). The molecule has 0 aliphatic rings. The van der Waals surface area contributed by atoms with E-state index in [1.165, 1.54) is 43.0 Å². The fraction of sp³-hybridized carbons (Fsp3) is 0.133. The molecule has 0 unspecified atom stereocenters. The molecule has 25 heavy (non-hydrogen) atoms. The number of nitrogens with one attached hydrogen (secondary N) is 1. The normalized spacial score (nSPS) is 11.7. The van der Waals surface area contributed by atoms with Crippen molar-refractivity contribution in [2.75, 3.05) is 11.8 Å². The highest BCUT2D eigenvalue weighted by Crippen LogP contribution is 2.32. The van der Waals surface area contributed by atoms with Crippen LogP contribution in [-0.4, -0.2) is 20.1 Å². The van der Waals surface area contributed by atoms with Gasteiger partial charge in [-0.15, -0.1) is 0 Å². The fourth-order valence-electron chi connectivity index (χ4n) is 2.29. The van der Waals surface area contributed by atoms with Crippen LogP contribution in [0.4, 0.5) is 5.69 Å². The van der Waals surface area contributed by atoms with Gasteiger partial charge in [0.1, 0.15) is 10.6 Å². The molecule has 132 valence electrons. The van der Waals surface area contributed by atoms with Gasteiger partial charge in [0.2, 0.25) is 0 Å². The van der Waals surface area contributed by atoms with Crippen LogP contribution in [0.3, 0.4) is 0 Å². The number of hydrogen-bond donors (Lipinski definition) is 1. The number of sulfonamides is 1. The number of fused-ring (bicyclic) bond motifs is 1. The van der Waals surface area contributed by atoms with E-state index < -0.39 is 15.8 Å². The van der Waals surface area contributed by atoms with Gasteiger partial charge in [0.25, 0.3) is 10.0 Å². The Morgan fingerprint density at radius 3 is 2.60 bits per heavy atom. The highest BCUT2D eigenvalue weighted by atomic mass is 35.5. The van der Waals surface area contributed by atoms with Crippen LogP contribution in [0, 0.1) is 0 Å². The minimum atomic E-state index is -4.08. The topological polar surface area (TPSA) is 90.5 Å². The molecular weight excluding hydrogens is 391 g/mol. The van der Waals surface area contributed by atoms with E-state index in [-0.39, 0.29) is 26.9 Å². The first-order chi connectivity index (χ1) is 11.7. The maximum Gasteiger partial charge on any atom is 0.419 e. The molecule has 2 aromatic carbocycles. The van der Waals surface area contributed by atoms with E-state index in [0.29, 0.717) is 10.5 Å². The Kier molecular flexibility index (Phi) is 4.44. The number of halogens is 2. The predicted molar refractivity (Wildman–Crippen MR) is 95.3 cm³/mol. The first kappa shape index (κ1) is 17.7. The minimum Gasteiger partial charge on any atom is -0.495 e. The monoisotopic (exact) mass is 402 g/mol. The van der Waals surface area contributed by atoms with Crippen molar-refractivity contribution in [3.8, 4) is 5.75 Å². The van der Waals surface area contributed by atoms with E-state index in [1.807, 2.05) is 0 Å². The van der Waals surface area contributed by atoms with Gasteiger partial charge in [-0.25, -0.2) is 13.2 Å². The van der Waals surface area contributed by atoms with Gasteiger partial charge in [-0.2, -0.15) is 0 Å². The quantitative estimate of drug-likeness (QED) is 0.722. The molecule has 3 aromatic rings. The van der Waals surface area contributed by atoms with E-state index in [0.717, 1.165) is 0 Å². The molecule has 0 saturated heterocycles. The zero-order chi connectivity index (χ0) is 18.4. The number of ether oxygens (including phenoxy) is 1. The number of nitrogens with zero attached hydrogens (tertiary/aromatic N) is 1. The van der Waals surface area contributed by atoms with Gasteiger partial charge in [-0.1, -0.05) is 23.2 Å². The molecule has 0 amide bonds. The molecular formula is C15H12Cl2N2O5S. The second-order valence-electron chi connectivity index (χ2n) is 5.13. The zero-order valence-electron chi connectivity index (χ0n) is 13.0. The molecule has 0 fully saturated rings. The van der Waals surface area contributed by atoms with Crippen molar-refractivity contribution in [3.63, 3.8) is 0 Å². The summed E-state index contributed by atoms with van der Waals surface area (Å²) in [5, 5.41) is 0.270. The molecule has 0 aliphatic carbocycles. The third-order valence-electron chi connectivity index (χ3n) is 3.54. The predicted octanol–water partition coefficient (Wildman–Crippen LogP) is 3.25. The Hall–Kier alpha value is -2.16. The van der Waals surface area contributed by atoms with Crippen molar-refractivity contribution in [1.82, 2.24) is 4.57 Å². The summed E-state index contributed by atoms with van der Waals surface area (Å²) in [6, 6.07) is 7.05. The van der Waals surface area contributed by atoms with Crippen molar-refractivity contribution in [2.24, 2.45) is 7.05 Å². The second kappa shape index (κ2) is 6.29. The Morgan fingerprint density at radius 2 is 1.92 bits per heavy atom. The van der Waals surface area contributed by atoms with Crippen LogP contribution in [0.15, 0.2) is 44.4 Å². The van der Waals surface area contributed by atoms with Gasteiger partial charge >= 0.3 is 5.76 Å². The number of anilines is 1. The van der Waals surface area contributed by atoms with Gasteiger partial charge in [-0.3, -0.25) is 9.29 Å². The SMILES string of the molecule is COc1ccc(Cl)cc1NS(=O)(=O)c1cc2oc(=O)n(C)c2cc1Cl.